The number of thioether (sulfide) groups is 1. The average molecular weight is 257 g/mol. The van der Waals surface area contributed by atoms with Gasteiger partial charge in [-0.2, -0.15) is 26.7 Å². The van der Waals surface area contributed by atoms with Gasteiger partial charge >= 0.3 is 6.01 Å². The number of ether oxygens (including phenoxy) is 1. The van der Waals surface area contributed by atoms with Gasteiger partial charge in [0.2, 0.25) is 11.9 Å². The summed E-state index contributed by atoms with van der Waals surface area (Å²) >= 11 is 1.77. The highest BCUT2D eigenvalue weighted by molar-refractivity contribution is 7.99. The predicted molar refractivity (Wildman–Crippen MR) is 71.5 cm³/mol. The van der Waals surface area contributed by atoms with Crippen LogP contribution in [0, 0.1) is 0 Å². The minimum Gasteiger partial charge on any atom is -0.463 e. The van der Waals surface area contributed by atoms with E-state index < -0.39 is 0 Å². The molecule has 1 unspecified atom stereocenters. The van der Waals surface area contributed by atoms with Crippen molar-refractivity contribution in [2.45, 2.75) is 25.5 Å². The average Bonchev–Trinajstić information content (AvgIpc) is 2.32. The lowest BCUT2D eigenvalue weighted by Crippen LogP contribution is -2.16. The molecule has 0 amide bonds. The Kier molecular flexibility index (Phi) is 5.82. The zero-order valence-corrected chi connectivity index (χ0v) is 11.3. The number of aromatic nitrogens is 3. The van der Waals surface area contributed by atoms with Gasteiger partial charge in [0.25, 0.3) is 0 Å². The molecule has 1 heterocycles. The van der Waals surface area contributed by atoms with Gasteiger partial charge < -0.3 is 15.8 Å². The Morgan fingerprint density at radius 3 is 2.82 bits per heavy atom. The summed E-state index contributed by atoms with van der Waals surface area (Å²) in [6.07, 6.45) is 2.96. The first-order valence-corrected chi connectivity index (χ1v) is 6.85. The van der Waals surface area contributed by atoms with Crippen LogP contribution < -0.4 is 15.8 Å². The van der Waals surface area contributed by atoms with Crippen LogP contribution in [0.25, 0.3) is 0 Å². The van der Waals surface area contributed by atoms with Gasteiger partial charge in [-0.3, -0.25) is 0 Å². The van der Waals surface area contributed by atoms with Crippen molar-refractivity contribution in [1.29, 1.82) is 0 Å². The van der Waals surface area contributed by atoms with Crippen LogP contribution in [0.2, 0.25) is 0 Å². The smallest absolute Gasteiger partial charge is 0.323 e. The van der Waals surface area contributed by atoms with E-state index in [1.54, 1.807) is 11.8 Å². The maximum Gasteiger partial charge on any atom is 0.323 e. The quantitative estimate of drug-likeness (QED) is 0.763. The van der Waals surface area contributed by atoms with E-state index in [4.69, 9.17) is 10.5 Å². The number of rotatable bonds is 7. The fourth-order valence-corrected chi connectivity index (χ4v) is 1.28. The van der Waals surface area contributed by atoms with Crippen molar-refractivity contribution in [3.05, 3.63) is 0 Å². The summed E-state index contributed by atoms with van der Waals surface area (Å²) in [4.78, 5) is 12.0. The zero-order valence-electron chi connectivity index (χ0n) is 10.4. The molecule has 0 aliphatic heterocycles. The monoisotopic (exact) mass is 257 g/mol. The summed E-state index contributed by atoms with van der Waals surface area (Å²) in [5.41, 5.74) is 5.58. The molecule has 1 atom stereocenters. The number of hydrogen-bond acceptors (Lipinski definition) is 7. The Hall–Kier alpha value is -1.24. The summed E-state index contributed by atoms with van der Waals surface area (Å²) in [6, 6.07) is 0.277. The molecule has 0 fully saturated rings. The molecule has 0 saturated heterocycles. The fraction of sp³-hybridized carbons (Fsp3) is 0.700. The van der Waals surface area contributed by atoms with E-state index in [1.807, 2.05) is 6.92 Å². The van der Waals surface area contributed by atoms with Gasteiger partial charge in [-0.25, -0.2) is 0 Å². The standard InChI is InChI=1S/C10H19N5OS/c1-4-5-16-10-14-8(11)13-9(15-10)12-6-7(2)17-3/h7H,4-6H2,1-3H3,(H3,11,12,13,14,15). The number of nitrogens with two attached hydrogens (primary N) is 1. The lowest BCUT2D eigenvalue weighted by molar-refractivity contribution is 0.292. The Balaban J connectivity index is 2.61. The molecule has 0 aliphatic rings. The first-order valence-electron chi connectivity index (χ1n) is 5.56. The summed E-state index contributed by atoms with van der Waals surface area (Å²) in [6.45, 7) is 5.49. The van der Waals surface area contributed by atoms with E-state index in [9.17, 15) is 0 Å². The van der Waals surface area contributed by atoms with E-state index >= 15 is 0 Å². The van der Waals surface area contributed by atoms with Crippen LogP contribution in [0.1, 0.15) is 20.3 Å². The molecule has 0 aromatic carbocycles. The largest absolute Gasteiger partial charge is 0.463 e. The molecule has 7 heteroatoms. The Bertz CT molecular complexity index is 349. The lowest BCUT2D eigenvalue weighted by atomic mass is 10.5. The van der Waals surface area contributed by atoms with Gasteiger partial charge in [-0.05, 0) is 12.7 Å². The molecule has 0 radical (unpaired) electrons. The minimum atomic E-state index is 0.172. The van der Waals surface area contributed by atoms with Crippen LogP contribution in [0.3, 0.4) is 0 Å². The van der Waals surface area contributed by atoms with E-state index in [2.05, 4.69) is 33.4 Å². The number of nitrogens with zero attached hydrogens (tertiary/aromatic N) is 3. The molecule has 6 nitrogen and oxygen atoms in total. The van der Waals surface area contributed by atoms with E-state index in [0.29, 0.717) is 17.8 Å². The van der Waals surface area contributed by atoms with E-state index in [1.165, 1.54) is 0 Å². The number of hydrogen-bond donors (Lipinski definition) is 2. The fourth-order valence-electron chi connectivity index (χ4n) is 1.03. The molecular formula is C10H19N5OS. The van der Waals surface area contributed by atoms with Gasteiger partial charge in [0, 0.05) is 11.8 Å². The van der Waals surface area contributed by atoms with Gasteiger partial charge in [-0.1, -0.05) is 13.8 Å². The van der Waals surface area contributed by atoms with Gasteiger partial charge in [0.05, 0.1) is 6.61 Å². The molecular weight excluding hydrogens is 238 g/mol. The van der Waals surface area contributed by atoms with E-state index in [0.717, 1.165) is 13.0 Å². The zero-order chi connectivity index (χ0) is 12.7. The van der Waals surface area contributed by atoms with Crippen molar-refractivity contribution < 1.29 is 4.74 Å². The molecule has 1 aromatic rings. The molecule has 0 aliphatic carbocycles. The van der Waals surface area contributed by atoms with Crippen molar-refractivity contribution in [2.24, 2.45) is 0 Å². The van der Waals surface area contributed by atoms with Crippen LogP contribution in [0.15, 0.2) is 0 Å². The molecule has 0 saturated carbocycles. The van der Waals surface area contributed by atoms with Gasteiger partial charge in [0.1, 0.15) is 0 Å². The third-order valence-electron chi connectivity index (χ3n) is 2.02. The van der Waals surface area contributed by atoms with Crippen LogP contribution in [-0.2, 0) is 0 Å². The molecule has 1 aromatic heterocycles. The molecule has 0 bridgehead atoms. The number of nitrogens with one attached hydrogen (secondary N) is 1. The second kappa shape index (κ2) is 7.16. The van der Waals surface area contributed by atoms with Crippen molar-refractivity contribution >= 4 is 23.7 Å². The molecule has 17 heavy (non-hydrogen) atoms. The third kappa shape index (κ3) is 5.08. The summed E-state index contributed by atoms with van der Waals surface area (Å²) < 4.78 is 5.32. The first kappa shape index (κ1) is 13.8. The topological polar surface area (TPSA) is 86.0 Å². The minimum absolute atomic E-state index is 0.172. The highest BCUT2D eigenvalue weighted by atomic mass is 32.2. The first-order chi connectivity index (χ1) is 8.15. The van der Waals surface area contributed by atoms with Crippen LogP contribution >= 0.6 is 11.8 Å². The van der Waals surface area contributed by atoms with Crippen LogP contribution in [-0.4, -0.2) is 39.6 Å². The molecule has 1 rings (SSSR count). The van der Waals surface area contributed by atoms with Gasteiger partial charge in [0.15, 0.2) is 0 Å². The summed E-state index contributed by atoms with van der Waals surface area (Å²) in [5.74, 6) is 0.634. The summed E-state index contributed by atoms with van der Waals surface area (Å²) in [5, 5.41) is 3.59. The lowest BCUT2D eigenvalue weighted by Gasteiger charge is -2.10. The Morgan fingerprint density at radius 2 is 2.18 bits per heavy atom. The maximum absolute atomic E-state index is 5.58. The normalized spacial score (nSPS) is 12.2. The molecule has 3 N–H and O–H groups in total. The molecule has 96 valence electrons. The summed E-state index contributed by atoms with van der Waals surface area (Å²) in [7, 11) is 0. The van der Waals surface area contributed by atoms with Gasteiger partial charge in [-0.15, -0.1) is 0 Å². The highest BCUT2D eigenvalue weighted by Crippen LogP contribution is 2.11. The number of anilines is 2. The third-order valence-corrected chi connectivity index (χ3v) is 2.99. The maximum atomic E-state index is 5.58. The predicted octanol–water partition coefficient (Wildman–Crippen LogP) is 1.41. The second-order valence-corrected chi connectivity index (χ2v) is 4.85. The van der Waals surface area contributed by atoms with Crippen molar-refractivity contribution in [2.75, 3.05) is 30.5 Å². The highest BCUT2D eigenvalue weighted by Gasteiger charge is 2.06. The Morgan fingerprint density at radius 1 is 1.41 bits per heavy atom. The number of nitrogen functional groups attached to an aromatic ring is 1. The van der Waals surface area contributed by atoms with Crippen LogP contribution in [0.5, 0.6) is 6.01 Å². The van der Waals surface area contributed by atoms with Crippen molar-refractivity contribution in [3.8, 4) is 6.01 Å². The van der Waals surface area contributed by atoms with Crippen molar-refractivity contribution in [1.82, 2.24) is 15.0 Å². The van der Waals surface area contributed by atoms with E-state index in [-0.39, 0.29) is 12.0 Å². The second-order valence-electron chi connectivity index (χ2n) is 3.58. The Labute approximate surface area is 106 Å². The van der Waals surface area contributed by atoms with Crippen molar-refractivity contribution in [3.63, 3.8) is 0 Å². The van der Waals surface area contributed by atoms with Crippen LogP contribution in [0.4, 0.5) is 11.9 Å². The molecule has 0 spiro atoms. The SMILES string of the molecule is CCCOc1nc(N)nc(NCC(C)SC)n1.